The molecule has 3 nitrogen and oxygen atoms in total. The zero-order valence-corrected chi connectivity index (χ0v) is 11.2. The fraction of sp³-hybridized carbons (Fsp3) is 0.429. The average molecular weight is 268 g/mol. The van der Waals surface area contributed by atoms with Gasteiger partial charge in [-0.2, -0.15) is 0 Å². The van der Waals surface area contributed by atoms with E-state index in [4.69, 9.17) is 22.8 Å². The van der Waals surface area contributed by atoms with Crippen molar-refractivity contribution in [2.45, 2.75) is 25.5 Å². The highest BCUT2D eigenvalue weighted by Gasteiger charge is 2.08. The Morgan fingerprint density at radius 1 is 1.50 bits per heavy atom. The van der Waals surface area contributed by atoms with Crippen LogP contribution < -0.4 is 10.1 Å². The van der Waals surface area contributed by atoms with Gasteiger partial charge in [0.2, 0.25) is 0 Å². The Balaban J connectivity index is 2.27. The average Bonchev–Trinajstić information content (AvgIpc) is 2.36. The molecule has 2 unspecified atom stereocenters. The SMILES string of the molecule is C#CCC(C)NCC(O)COc1ccccc1Cl. The van der Waals surface area contributed by atoms with Gasteiger partial charge in [-0.05, 0) is 19.1 Å². The van der Waals surface area contributed by atoms with Crippen LogP contribution in [0, 0.1) is 12.3 Å². The van der Waals surface area contributed by atoms with Crippen molar-refractivity contribution in [3.05, 3.63) is 29.3 Å². The molecular formula is C14H18ClNO2. The fourth-order valence-electron chi connectivity index (χ4n) is 1.39. The molecule has 1 rings (SSSR count). The third-order valence-electron chi connectivity index (χ3n) is 2.39. The summed E-state index contributed by atoms with van der Waals surface area (Å²) in [6, 6.07) is 7.36. The van der Waals surface area contributed by atoms with Gasteiger partial charge in [-0.1, -0.05) is 23.7 Å². The molecule has 0 saturated heterocycles. The van der Waals surface area contributed by atoms with E-state index in [-0.39, 0.29) is 12.6 Å². The van der Waals surface area contributed by atoms with Crippen molar-refractivity contribution in [1.29, 1.82) is 0 Å². The molecule has 0 saturated carbocycles. The maximum Gasteiger partial charge on any atom is 0.138 e. The number of rotatable bonds is 7. The molecule has 98 valence electrons. The van der Waals surface area contributed by atoms with E-state index in [2.05, 4.69) is 11.2 Å². The van der Waals surface area contributed by atoms with Gasteiger partial charge >= 0.3 is 0 Å². The van der Waals surface area contributed by atoms with E-state index in [9.17, 15) is 5.11 Å². The Morgan fingerprint density at radius 3 is 2.89 bits per heavy atom. The molecule has 1 aromatic rings. The first-order valence-electron chi connectivity index (χ1n) is 5.85. The molecule has 0 aliphatic carbocycles. The summed E-state index contributed by atoms with van der Waals surface area (Å²) in [5.74, 6) is 3.14. The van der Waals surface area contributed by atoms with Gasteiger partial charge in [0.05, 0.1) is 5.02 Å². The molecule has 0 spiro atoms. The topological polar surface area (TPSA) is 41.5 Å². The van der Waals surface area contributed by atoms with Gasteiger partial charge in [-0.3, -0.25) is 0 Å². The zero-order chi connectivity index (χ0) is 13.4. The molecule has 0 fully saturated rings. The van der Waals surface area contributed by atoms with Crippen molar-refractivity contribution in [1.82, 2.24) is 5.32 Å². The largest absolute Gasteiger partial charge is 0.489 e. The first kappa shape index (κ1) is 14.8. The lowest BCUT2D eigenvalue weighted by atomic mass is 10.2. The van der Waals surface area contributed by atoms with E-state index >= 15 is 0 Å². The predicted octanol–water partition coefficient (Wildman–Crippen LogP) is 2.08. The van der Waals surface area contributed by atoms with Crippen molar-refractivity contribution >= 4 is 11.6 Å². The minimum atomic E-state index is -0.596. The molecular weight excluding hydrogens is 250 g/mol. The van der Waals surface area contributed by atoms with Gasteiger partial charge in [0.1, 0.15) is 18.5 Å². The number of terminal acetylenes is 1. The molecule has 0 aliphatic heterocycles. The van der Waals surface area contributed by atoms with Crippen LogP contribution in [0.3, 0.4) is 0 Å². The molecule has 1 aromatic carbocycles. The Labute approximate surface area is 113 Å². The normalized spacial score (nSPS) is 13.7. The summed E-state index contributed by atoms with van der Waals surface area (Å²) in [5, 5.41) is 13.4. The molecule has 0 bridgehead atoms. The van der Waals surface area contributed by atoms with Crippen molar-refractivity contribution in [2.75, 3.05) is 13.2 Å². The van der Waals surface area contributed by atoms with Crippen LogP contribution in [0.25, 0.3) is 0 Å². The number of aliphatic hydroxyl groups is 1. The van der Waals surface area contributed by atoms with Gasteiger partial charge in [0.25, 0.3) is 0 Å². The van der Waals surface area contributed by atoms with Crippen LogP contribution in [-0.4, -0.2) is 30.4 Å². The Bertz CT molecular complexity index is 403. The van der Waals surface area contributed by atoms with Crippen molar-refractivity contribution in [2.24, 2.45) is 0 Å². The second kappa shape index (κ2) is 7.99. The minimum Gasteiger partial charge on any atom is -0.489 e. The maximum absolute atomic E-state index is 9.74. The van der Waals surface area contributed by atoms with Gasteiger partial charge in [0.15, 0.2) is 0 Å². The van der Waals surface area contributed by atoms with E-state index in [0.29, 0.717) is 23.7 Å². The third-order valence-corrected chi connectivity index (χ3v) is 2.71. The molecule has 18 heavy (non-hydrogen) atoms. The number of nitrogens with one attached hydrogen (secondary N) is 1. The first-order chi connectivity index (χ1) is 8.63. The van der Waals surface area contributed by atoms with E-state index in [1.165, 1.54) is 0 Å². The third kappa shape index (κ3) is 5.42. The predicted molar refractivity (Wildman–Crippen MR) is 73.9 cm³/mol. The number of aliphatic hydroxyl groups excluding tert-OH is 1. The number of benzene rings is 1. The number of hydrogen-bond donors (Lipinski definition) is 2. The lowest BCUT2D eigenvalue weighted by Crippen LogP contribution is -2.36. The summed E-state index contributed by atoms with van der Waals surface area (Å²) in [6.45, 7) is 2.61. The van der Waals surface area contributed by atoms with Crippen molar-refractivity contribution in [3.63, 3.8) is 0 Å². The Morgan fingerprint density at radius 2 is 2.22 bits per heavy atom. The highest BCUT2D eigenvalue weighted by atomic mass is 35.5. The quantitative estimate of drug-likeness (QED) is 0.744. The van der Waals surface area contributed by atoms with Crippen LogP contribution in [0.2, 0.25) is 5.02 Å². The number of hydrogen-bond acceptors (Lipinski definition) is 3. The molecule has 0 amide bonds. The van der Waals surface area contributed by atoms with Crippen LogP contribution in [-0.2, 0) is 0 Å². The first-order valence-corrected chi connectivity index (χ1v) is 6.23. The summed E-state index contributed by atoms with van der Waals surface area (Å²) in [6.07, 6.45) is 5.24. The maximum atomic E-state index is 9.74. The highest BCUT2D eigenvalue weighted by Crippen LogP contribution is 2.22. The zero-order valence-electron chi connectivity index (χ0n) is 10.4. The second-order valence-electron chi connectivity index (χ2n) is 4.11. The van der Waals surface area contributed by atoms with Crippen LogP contribution in [0.4, 0.5) is 0 Å². The summed E-state index contributed by atoms with van der Waals surface area (Å²) in [4.78, 5) is 0. The molecule has 0 aromatic heterocycles. The summed E-state index contributed by atoms with van der Waals surface area (Å²) >= 11 is 5.93. The summed E-state index contributed by atoms with van der Waals surface area (Å²) in [5.41, 5.74) is 0. The van der Waals surface area contributed by atoms with Crippen LogP contribution >= 0.6 is 11.6 Å². The highest BCUT2D eigenvalue weighted by molar-refractivity contribution is 6.32. The van der Waals surface area contributed by atoms with Gasteiger partial charge in [-0.25, -0.2) is 0 Å². The lowest BCUT2D eigenvalue weighted by molar-refractivity contribution is 0.104. The minimum absolute atomic E-state index is 0.185. The number of para-hydroxylation sites is 1. The number of halogens is 1. The summed E-state index contributed by atoms with van der Waals surface area (Å²) < 4.78 is 5.43. The van der Waals surface area contributed by atoms with E-state index in [1.807, 2.05) is 19.1 Å². The molecule has 4 heteroatoms. The fourth-order valence-corrected chi connectivity index (χ4v) is 1.58. The van der Waals surface area contributed by atoms with E-state index < -0.39 is 6.10 Å². The second-order valence-corrected chi connectivity index (χ2v) is 4.52. The lowest BCUT2D eigenvalue weighted by Gasteiger charge is -2.16. The standard InChI is InChI=1S/C14H18ClNO2/c1-3-6-11(2)16-9-12(17)10-18-14-8-5-4-7-13(14)15/h1,4-5,7-8,11-12,16-17H,6,9-10H2,2H3. The van der Waals surface area contributed by atoms with Gasteiger partial charge < -0.3 is 15.2 Å². The summed E-state index contributed by atoms with van der Waals surface area (Å²) in [7, 11) is 0. The smallest absolute Gasteiger partial charge is 0.138 e. The Hall–Kier alpha value is -1.21. The van der Waals surface area contributed by atoms with Crippen LogP contribution in [0.15, 0.2) is 24.3 Å². The van der Waals surface area contributed by atoms with Gasteiger partial charge in [0, 0.05) is 19.0 Å². The molecule has 2 N–H and O–H groups in total. The molecule has 0 aliphatic rings. The monoisotopic (exact) mass is 267 g/mol. The van der Waals surface area contributed by atoms with Crippen LogP contribution in [0.1, 0.15) is 13.3 Å². The van der Waals surface area contributed by atoms with Crippen molar-refractivity contribution in [3.8, 4) is 18.1 Å². The van der Waals surface area contributed by atoms with E-state index in [0.717, 1.165) is 0 Å². The molecule has 0 radical (unpaired) electrons. The van der Waals surface area contributed by atoms with Crippen LogP contribution in [0.5, 0.6) is 5.75 Å². The van der Waals surface area contributed by atoms with Crippen molar-refractivity contribution < 1.29 is 9.84 Å². The van der Waals surface area contributed by atoms with Gasteiger partial charge in [-0.15, -0.1) is 12.3 Å². The Kier molecular flexibility index (Phi) is 6.59. The molecule has 0 heterocycles. The number of ether oxygens (including phenoxy) is 1. The molecule has 2 atom stereocenters. The van der Waals surface area contributed by atoms with E-state index in [1.54, 1.807) is 12.1 Å².